The Morgan fingerprint density at radius 2 is 1.67 bits per heavy atom. The van der Waals surface area contributed by atoms with Crippen LogP contribution in [0.3, 0.4) is 0 Å². The Morgan fingerprint density at radius 3 is 2.29 bits per heavy atom. The number of carbonyl (C=O) groups is 3. The summed E-state index contributed by atoms with van der Waals surface area (Å²) in [5.41, 5.74) is 1.80. The van der Waals surface area contributed by atoms with Crippen molar-refractivity contribution in [3.8, 4) is 0 Å². The molecule has 0 radical (unpaired) electrons. The third-order valence-electron chi connectivity index (χ3n) is 10.1. The zero-order valence-corrected chi connectivity index (χ0v) is 29.8. The topological polar surface area (TPSA) is 90.4 Å². The Kier molecular flexibility index (Phi) is 10.5. The van der Waals surface area contributed by atoms with Crippen LogP contribution in [0.15, 0.2) is 104 Å². The van der Waals surface area contributed by atoms with Gasteiger partial charge in [-0.25, -0.2) is 0 Å². The molecule has 0 aromatic heterocycles. The Labute approximate surface area is 301 Å². The molecule has 0 saturated carbocycles. The van der Waals surface area contributed by atoms with Gasteiger partial charge in [0.05, 0.1) is 41.3 Å². The van der Waals surface area contributed by atoms with Gasteiger partial charge in [-0.3, -0.25) is 14.4 Å². The number of aryl methyl sites for hydroxylation is 1. The van der Waals surface area contributed by atoms with E-state index < -0.39 is 48.1 Å². The minimum Gasteiger partial charge on any atom is -0.394 e. The number of hydrogen-bond acceptors (Lipinski definition) is 5. The number of anilines is 1. The molecule has 3 unspecified atom stereocenters. The molecule has 1 N–H and O–H groups in total. The second kappa shape index (κ2) is 14.6. The standard InChI is InChI=1S/C39H41BrClN3O5/c1-4-19-42(23-27-16-10-7-11-17-27)36(46)31-32-37(47)44(28(24-45)21-26-14-8-6-9-15-26)35(39(32)22-29(40)34(31)49-39)38(48)43(20-5-2)33-25(3)13-12-18-30(33)41/h4-18,28-29,31-32,34-35,45H,1-2,19-24H2,3H3/t28-,29?,31-,32+,34-,35?,39?/m1/s1. The molecule has 8 nitrogen and oxygen atoms in total. The molecule has 3 aliphatic rings. The van der Waals surface area contributed by atoms with E-state index in [1.807, 2.05) is 79.7 Å². The molecule has 3 saturated heterocycles. The number of benzene rings is 3. The Morgan fingerprint density at radius 1 is 1.02 bits per heavy atom. The average molecular weight is 747 g/mol. The van der Waals surface area contributed by atoms with Crippen LogP contribution in [0.5, 0.6) is 0 Å². The summed E-state index contributed by atoms with van der Waals surface area (Å²) in [5, 5.41) is 11.3. The predicted octanol–water partition coefficient (Wildman–Crippen LogP) is 5.73. The number of rotatable bonds is 13. The highest BCUT2D eigenvalue weighted by Gasteiger charge is 2.77. The van der Waals surface area contributed by atoms with Crippen LogP contribution >= 0.6 is 27.5 Å². The van der Waals surface area contributed by atoms with Crippen molar-refractivity contribution in [3.05, 3.63) is 126 Å². The van der Waals surface area contributed by atoms with Crippen molar-refractivity contribution in [2.45, 2.75) is 54.9 Å². The summed E-state index contributed by atoms with van der Waals surface area (Å²) in [7, 11) is 0. The minimum absolute atomic E-state index is 0.124. The normalized spacial score (nSPS) is 25.9. The van der Waals surface area contributed by atoms with E-state index in [0.29, 0.717) is 30.1 Å². The molecule has 3 aromatic carbocycles. The molecule has 0 aliphatic carbocycles. The summed E-state index contributed by atoms with van der Waals surface area (Å²) in [6.07, 6.45) is 3.29. The maximum absolute atomic E-state index is 15.2. The molecule has 6 rings (SSSR count). The summed E-state index contributed by atoms with van der Waals surface area (Å²) in [6.45, 7) is 10.0. The van der Waals surface area contributed by atoms with Crippen molar-refractivity contribution >= 4 is 50.9 Å². The largest absolute Gasteiger partial charge is 0.394 e. The maximum Gasteiger partial charge on any atom is 0.253 e. The number of hydrogen-bond donors (Lipinski definition) is 1. The first kappa shape index (κ1) is 35.1. The molecule has 3 amide bonds. The smallest absolute Gasteiger partial charge is 0.253 e. The SMILES string of the molecule is C=CCN(Cc1ccccc1)C(=O)[C@H]1[C@@H]2OC3(CC2Br)C(C(=O)N(CC=C)c2c(C)cccc2Cl)N([C@@H](CO)Cc2ccccc2)C(=O)[C@H]13. The van der Waals surface area contributed by atoms with Crippen LogP contribution < -0.4 is 4.90 Å². The number of amides is 3. The molecule has 7 atom stereocenters. The number of aliphatic hydroxyl groups is 1. The summed E-state index contributed by atoms with van der Waals surface area (Å²) < 4.78 is 6.84. The first-order chi connectivity index (χ1) is 23.7. The van der Waals surface area contributed by atoms with E-state index in [0.717, 1.165) is 16.7 Å². The number of carbonyl (C=O) groups excluding carboxylic acids is 3. The van der Waals surface area contributed by atoms with Crippen LogP contribution in [0.4, 0.5) is 5.69 Å². The maximum atomic E-state index is 15.2. The van der Waals surface area contributed by atoms with Gasteiger partial charge in [0.2, 0.25) is 11.8 Å². The summed E-state index contributed by atoms with van der Waals surface area (Å²) in [6, 6.07) is 22.7. The van der Waals surface area contributed by atoms with Crippen LogP contribution in [0.25, 0.3) is 0 Å². The number of aliphatic hydroxyl groups excluding tert-OH is 1. The molecular formula is C39H41BrClN3O5. The van der Waals surface area contributed by atoms with Gasteiger partial charge < -0.3 is 24.5 Å². The van der Waals surface area contributed by atoms with Crippen LogP contribution in [0.2, 0.25) is 5.02 Å². The number of para-hydroxylation sites is 1. The molecule has 3 aliphatic heterocycles. The van der Waals surface area contributed by atoms with Gasteiger partial charge in [0.15, 0.2) is 0 Å². The van der Waals surface area contributed by atoms with Gasteiger partial charge in [-0.1, -0.05) is 112 Å². The van der Waals surface area contributed by atoms with Gasteiger partial charge in [-0.2, -0.15) is 0 Å². The Hall–Kier alpha value is -3.76. The number of alkyl halides is 1. The van der Waals surface area contributed by atoms with E-state index >= 15 is 4.79 Å². The van der Waals surface area contributed by atoms with Crippen molar-refractivity contribution in [1.82, 2.24) is 9.80 Å². The van der Waals surface area contributed by atoms with Crippen LogP contribution in [-0.2, 0) is 32.1 Å². The van der Waals surface area contributed by atoms with Crippen molar-refractivity contribution < 1.29 is 24.2 Å². The Balaban J connectivity index is 1.47. The number of halogens is 2. The van der Waals surface area contributed by atoms with E-state index in [2.05, 4.69) is 29.1 Å². The number of fused-ring (bicyclic) bond motifs is 1. The molecule has 3 aromatic rings. The molecule has 3 fully saturated rings. The van der Waals surface area contributed by atoms with E-state index in [9.17, 15) is 14.7 Å². The lowest BCUT2D eigenvalue weighted by Gasteiger charge is -2.40. The van der Waals surface area contributed by atoms with Gasteiger partial charge in [0.25, 0.3) is 5.91 Å². The molecular weight excluding hydrogens is 706 g/mol. The zero-order valence-electron chi connectivity index (χ0n) is 27.5. The monoisotopic (exact) mass is 745 g/mol. The molecule has 10 heteroatoms. The van der Waals surface area contributed by atoms with E-state index in [1.54, 1.807) is 28.0 Å². The first-order valence-corrected chi connectivity index (χ1v) is 17.9. The van der Waals surface area contributed by atoms with E-state index in [-0.39, 0.29) is 29.7 Å². The lowest BCUT2D eigenvalue weighted by Crippen LogP contribution is -2.59. The van der Waals surface area contributed by atoms with Crippen molar-refractivity contribution in [1.29, 1.82) is 0 Å². The molecule has 2 bridgehead atoms. The van der Waals surface area contributed by atoms with E-state index in [1.165, 1.54) is 4.90 Å². The number of ether oxygens (including phenoxy) is 1. The highest BCUT2D eigenvalue weighted by molar-refractivity contribution is 9.09. The summed E-state index contributed by atoms with van der Waals surface area (Å²) in [5.74, 6) is -2.82. The zero-order chi connectivity index (χ0) is 34.9. The highest BCUT2D eigenvalue weighted by atomic mass is 79.9. The van der Waals surface area contributed by atoms with Crippen molar-refractivity contribution in [2.75, 3.05) is 24.6 Å². The van der Waals surface area contributed by atoms with Gasteiger partial charge in [0.1, 0.15) is 11.6 Å². The predicted molar refractivity (Wildman–Crippen MR) is 194 cm³/mol. The van der Waals surface area contributed by atoms with Crippen LogP contribution in [-0.4, -0.2) is 80.9 Å². The fraction of sp³-hybridized carbons (Fsp3) is 0.359. The molecule has 3 heterocycles. The average Bonchev–Trinajstić information content (AvgIpc) is 3.70. The number of likely N-dealkylation sites (tertiary alicyclic amines) is 1. The second-order valence-electron chi connectivity index (χ2n) is 13.1. The molecule has 256 valence electrons. The third-order valence-corrected chi connectivity index (χ3v) is 11.2. The molecule has 1 spiro atoms. The summed E-state index contributed by atoms with van der Waals surface area (Å²) >= 11 is 10.5. The first-order valence-electron chi connectivity index (χ1n) is 16.6. The van der Waals surface area contributed by atoms with Crippen LogP contribution in [0, 0.1) is 18.8 Å². The Bertz CT molecular complexity index is 1700. The molecule has 49 heavy (non-hydrogen) atoms. The van der Waals surface area contributed by atoms with E-state index in [4.69, 9.17) is 16.3 Å². The van der Waals surface area contributed by atoms with Gasteiger partial charge in [0, 0.05) is 24.5 Å². The van der Waals surface area contributed by atoms with Gasteiger partial charge in [-0.05, 0) is 42.5 Å². The van der Waals surface area contributed by atoms with Crippen molar-refractivity contribution in [3.63, 3.8) is 0 Å². The second-order valence-corrected chi connectivity index (χ2v) is 14.7. The van der Waals surface area contributed by atoms with Gasteiger partial charge in [-0.15, -0.1) is 13.2 Å². The fourth-order valence-corrected chi connectivity index (χ4v) is 9.36. The highest BCUT2D eigenvalue weighted by Crippen LogP contribution is 2.61. The third kappa shape index (κ3) is 6.27. The fourth-order valence-electron chi connectivity index (χ4n) is 8.10. The van der Waals surface area contributed by atoms with Gasteiger partial charge >= 0.3 is 0 Å². The lowest BCUT2D eigenvalue weighted by molar-refractivity contribution is -0.147. The minimum atomic E-state index is -1.33. The summed E-state index contributed by atoms with van der Waals surface area (Å²) in [4.78, 5) is 49.3. The number of nitrogens with zero attached hydrogens (tertiary/aromatic N) is 3. The van der Waals surface area contributed by atoms with Crippen molar-refractivity contribution in [2.24, 2.45) is 11.8 Å². The quantitative estimate of drug-likeness (QED) is 0.178. The van der Waals surface area contributed by atoms with Crippen LogP contribution in [0.1, 0.15) is 23.1 Å². The lowest BCUT2D eigenvalue weighted by atomic mass is 9.70.